The Morgan fingerprint density at radius 3 is 2.59 bits per heavy atom. The van der Waals surface area contributed by atoms with Crippen molar-refractivity contribution in [1.29, 1.82) is 0 Å². The number of nitrogen functional groups attached to an aromatic ring is 1. The molecule has 17 heavy (non-hydrogen) atoms. The van der Waals surface area contributed by atoms with Crippen LogP contribution in [0.3, 0.4) is 0 Å². The molecule has 0 saturated carbocycles. The zero-order valence-corrected chi connectivity index (χ0v) is 10.7. The highest BCUT2D eigenvalue weighted by atomic mass is 79.9. The van der Waals surface area contributed by atoms with Gasteiger partial charge < -0.3 is 10.7 Å². The van der Waals surface area contributed by atoms with Gasteiger partial charge in [0.05, 0.1) is 0 Å². The SMILES string of the molecule is NNc1cccc(NCc2ccccc2Br)n1. The fraction of sp³-hybridized carbons (Fsp3) is 0.0833. The summed E-state index contributed by atoms with van der Waals surface area (Å²) < 4.78 is 1.08. The maximum absolute atomic E-state index is 5.30. The Morgan fingerprint density at radius 2 is 1.82 bits per heavy atom. The standard InChI is InChI=1S/C12H13BrN4/c13-10-5-2-1-4-9(10)8-15-11-6-3-7-12(16-11)17-14/h1-7H,8,14H2,(H2,15,16,17). The molecule has 0 radical (unpaired) electrons. The third kappa shape index (κ3) is 3.18. The van der Waals surface area contributed by atoms with Crippen molar-refractivity contribution in [2.45, 2.75) is 6.54 Å². The van der Waals surface area contributed by atoms with Crippen LogP contribution in [-0.4, -0.2) is 4.98 Å². The lowest BCUT2D eigenvalue weighted by atomic mass is 10.2. The van der Waals surface area contributed by atoms with E-state index in [1.54, 1.807) is 0 Å². The first kappa shape index (κ1) is 11.9. The van der Waals surface area contributed by atoms with E-state index in [0.29, 0.717) is 12.4 Å². The van der Waals surface area contributed by atoms with Crippen LogP contribution in [-0.2, 0) is 6.54 Å². The maximum Gasteiger partial charge on any atom is 0.142 e. The number of nitrogens with one attached hydrogen (secondary N) is 2. The van der Waals surface area contributed by atoms with Crippen LogP contribution in [0.2, 0.25) is 0 Å². The molecule has 2 aromatic rings. The van der Waals surface area contributed by atoms with Gasteiger partial charge in [-0.1, -0.05) is 40.2 Å². The van der Waals surface area contributed by atoms with Crippen LogP contribution >= 0.6 is 15.9 Å². The van der Waals surface area contributed by atoms with Gasteiger partial charge in [-0.25, -0.2) is 10.8 Å². The number of nitrogens with two attached hydrogens (primary N) is 1. The molecular weight excluding hydrogens is 280 g/mol. The third-order valence-electron chi connectivity index (χ3n) is 2.31. The molecule has 0 amide bonds. The van der Waals surface area contributed by atoms with Crippen molar-refractivity contribution in [3.05, 3.63) is 52.5 Å². The summed E-state index contributed by atoms with van der Waals surface area (Å²) >= 11 is 3.51. The van der Waals surface area contributed by atoms with Gasteiger partial charge >= 0.3 is 0 Å². The van der Waals surface area contributed by atoms with Crippen molar-refractivity contribution in [3.8, 4) is 0 Å². The fourth-order valence-corrected chi connectivity index (χ4v) is 1.87. The monoisotopic (exact) mass is 292 g/mol. The lowest BCUT2D eigenvalue weighted by Crippen LogP contribution is -2.09. The number of hydrogen-bond acceptors (Lipinski definition) is 4. The van der Waals surface area contributed by atoms with Crippen molar-refractivity contribution in [3.63, 3.8) is 0 Å². The molecular formula is C12H13BrN4. The summed E-state index contributed by atoms with van der Waals surface area (Å²) in [5, 5.41) is 3.24. The minimum atomic E-state index is 0.641. The highest BCUT2D eigenvalue weighted by Crippen LogP contribution is 2.17. The van der Waals surface area contributed by atoms with Gasteiger partial charge in [0.1, 0.15) is 11.6 Å². The number of anilines is 2. The molecule has 0 atom stereocenters. The van der Waals surface area contributed by atoms with Crippen LogP contribution in [0.5, 0.6) is 0 Å². The molecule has 0 fully saturated rings. The van der Waals surface area contributed by atoms with Crippen LogP contribution in [0, 0.1) is 0 Å². The van der Waals surface area contributed by atoms with E-state index in [0.717, 1.165) is 10.3 Å². The number of benzene rings is 1. The Morgan fingerprint density at radius 1 is 1.06 bits per heavy atom. The molecule has 0 unspecified atom stereocenters. The molecule has 5 heteroatoms. The van der Waals surface area contributed by atoms with E-state index in [1.807, 2.05) is 36.4 Å². The van der Waals surface area contributed by atoms with Crippen LogP contribution in [0.1, 0.15) is 5.56 Å². The summed E-state index contributed by atoms with van der Waals surface area (Å²) in [6, 6.07) is 13.7. The van der Waals surface area contributed by atoms with Gasteiger partial charge in [0.25, 0.3) is 0 Å². The van der Waals surface area contributed by atoms with Crippen molar-refractivity contribution in [2.75, 3.05) is 10.7 Å². The molecule has 1 aromatic carbocycles. The summed E-state index contributed by atoms with van der Waals surface area (Å²) in [4.78, 5) is 4.27. The Hall–Kier alpha value is -1.59. The molecule has 0 aliphatic rings. The third-order valence-corrected chi connectivity index (χ3v) is 3.09. The second kappa shape index (κ2) is 5.65. The Bertz CT molecular complexity index is 501. The zero-order chi connectivity index (χ0) is 12.1. The Labute approximate surface area is 108 Å². The largest absolute Gasteiger partial charge is 0.366 e. The van der Waals surface area contributed by atoms with Crippen molar-refractivity contribution in [1.82, 2.24) is 4.98 Å². The minimum absolute atomic E-state index is 0.641. The molecule has 88 valence electrons. The number of aromatic nitrogens is 1. The molecule has 0 aliphatic heterocycles. The lowest BCUT2D eigenvalue weighted by molar-refractivity contribution is 1.10. The Kier molecular flexibility index (Phi) is 3.95. The van der Waals surface area contributed by atoms with E-state index in [-0.39, 0.29) is 0 Å². The smallest absolute Gasteiger partial charge is 0.142 e. The second-order valence-corrected chi connectivity index (χ2v) is 4.35. The first-order valence-electron chi connectivity index (χ1n) is 5.20. The first-order valence-corrected chi connectivity index (χ1v) is 6.00. The van der Waals surface area contributed by atoms with E-state index in [2.05, 4.69) is 37.7 Å². The van der Waals surface area contributed by atoms with Gasteiger partial charge in [0, 0.05) is 11.0 Å². The summed E-state index contributed by atoms with van der Waals surface area (Å²) in [6.45, 7) is 0.711. The number of halogens is 1. The van der Waals surface area contributed by atoms with Crippen molar-refractivity contribution in [2.24, 2.45) is 5.84 Å². The highest BCUT2D eigenvalue weighted by Gasteiger charge is 1.99. The quantitative estimate of drug-likeness (QED) is 0.599. The van der Waals surface area contributed by atoms with E-state index >= 15 is 0 Å². The van der Waals surface area contributed by atoms with E-state index in [4.69, 9.17) is 5.84 Å². The van der Waals surface area contributed by atoms with Crippen molar-refractivity contribution < 1.29 is 0 Å². The summed E-state index contributed by atoms with van der Waals surface area (Å²) in [6.07, 6.45) is 0. The van der Waals surface area contributed by atoms with Gasteiger partial charge in [-0.3, -0.25) is 0 Å². The van der Waals surface area contributed by atoms with Crippen LogP contribution < -0.4 is 16.6 Å². The minimum Gasteiger partial charge on any atom is -0.366 e. The number of nitrogens with zero attached hydrogens (tertiary/aromatic N) is 1. The van der Waals surface area contributed by atoms with Crippen molar-refractivity contribution >= 4 is 27.6 Å². The van der Waals surface area contributed by atoms with Gasteiger partial charge in [-0.05, 0) is 23.8 Å². The predicted molar refractivity (Wildman–Crippen MR) is 73.5 cm³/mol. The van der Waals surface area contributed by atoms with Crippen LogP contribution in [0.4, 0.5) is 11.6 Å². The highest BCUT2D eigenvalue weighted by molar-refractivity contribution is 9.10. The average Bonchev–Trinajstić information content (AvgIpc) is 2.38. The first-order chi connectivity index (χ1) is 8.29. The van der Waals surface area contributed by atoms with Gasteiger partial charge in [-0.2, -0.15) is 0 Å². The van der Waals surface area contributed by atoms with Gasteiger partial charge in [0.15, 0.2) is 0 Å². The normalized spacial score (nSPS) is 10.0. The zero-order valence-electron chi connectivity index (χ0n) is 9.15. The molecule has 4 N–H and O–H groups in total. The van der Waals surface area contributed by atoms with Crippen LogP contribution in [0.25, 0.3) is 0 Å². The van der Waals surface area contributed by atoms with Gasteiger partial charge in [0.2, 0.25) is 0 Å². The molecule has 1 aromatic heterocycles. The lowest BCUT2D eigenvalue weighted by Gasteiger charge is -2.08. The topological polar surface area (TPSA) is 63.0 Å². The summed E-state index contributed by atoms with van der Waals surface area (Å²) in [5.74, 6) is 6.73. The van der Waals surface area contributed by atoms with Gasteiger partial charge in [-0.15, -0.1) is 0 Å². The number of pyridine rings is 1. The Balaban J connectivity index is 2.05. The van der Waals surface area contributed by atoms with E-state index in [9.17, 15) is 0 Å². The van der Waals surface area contributed by atoms with Crippen LogP contribution in [0.15, 0.2) is 46.9 Å². The molecule has 0 spiro atoms. The van der Waals surface area contributed by atoms with E-state index < -0.39 is 0 Å². The number of hydrogen-bond donors (Lipinski definition) is 3. The molecule has 0 bridgehead atoms. The molecule has 0 aliphatic carbocycles. The summed E-state index contributed by atoms with van der Waals surface area (Å²) in [7, 11) is 0. The molecule has 1 heterocycles. The average molecular weight is 293 g/mol. The molecule has 4 nitrogen and oxygen atoms in total. The van der Waals surface area contributed by atoms with E-state index in [1.165, 1.54) is 5.56 Å². The molecule has 0 saturated heterocycles. The number of rotatable bonds is 4. The predicted octanol–water partition coefficient (Wildman–Crippen LogP) is 2.74. The number of hydrazine groups is 1. The molecule has 2 rings (SSSR count). The fourth-order valence-electron chi connectivity index (χ4n) is 1.44. The maximum atomic E-state index is 5.30. The summed E-state index contributed by atoms with van der Waals surface area (Å²) in [5.41, 5.74) is 3.70. The second-order valence-electron chi connectivity index (χ2n) is 3.50.